The van der Waals surface area contributed by atoms with Crippen molar-refractivity contribution < 1.29 is 4.74 Å². The van der Waals surface area contributed by atoms with Crippen LogP contribution in [0.4, 0.5) is 5.82 Å². The fraction of sp³-hybridized carbons (Fsp3) is 0.667. The van der Waals surface area contributed by atoms with E-state index in [1.54, 1.807) is 0 Å². The highest BCUT2D eigenvalue weighted by molar-refractivity contribution is 7.19. The molecule has 0 unspecified atom stereocenters. The van der Waals surface area contributed by atoms with E-state index in [4.69, 9.17) is 14.7 Å². The van der Waals surface area contributed by atoms with Crippen molar-refractivity contribution in [2.75, 3.05) is 31.6 Å². The summed E-state index contributed by atoms with van der Waals surface area (Å²) in [6.07, 6.45) is 4.75. The second-order valence-corrected chi connectivity index (χ2v) is 7.95. The molecule has 24 heavy (non-hydrogen) atoms. The zero-order chi connectivity index (χ0) is 16.5. The van der Waals surface area contributed by atoms with Crippen molar-refractivity contribution in [1.29, 1.82) is 0 Å². The smallest absolute Gasteiger partial charge is 0.146 e. The molecule has 1 aliphatic carbocycles. The zero-order valence-corrected chi connectivity index (χ0v) is 15.4. The Balaban J connectivity index is 1.70. The summed E-state index contributed by atoms with van der Waals surface area (Å²) in [4.78, 5) is 14.9. The molecule has 2 aromatic heterocycles. The van der Waals surface area contributed by atoms with Gasteiger partial charge in [0.25, 0.3) is 0 Å². The number of morpholine rings is 1. The van der Waals surface area contributed by atoms with Gasteiger partial charge in [-0.05, 0) is 38.2 Å². The Morgan fingerprint density at radius 2 is 2.08 bits per heavy atom. The number of thiophene rings is 1. The summed E-state index contributed by atoms with van der Waals surface area (Å²) in [6, 6.07) is 0.427. The molecule has 2 aromatic rings. The summed E-state index contributed by atoms with van der Waals surface area (Å²) >= 11 is 1.88. The van der Waals surface area contributed by atoms with Gasteiger partial charge in [0.15, 0.2) is 0 Å². The van der Waals surface area contributed by atoms with Crippen LogP contribution in [0.2, 0.25) is 0 Å². The molecular formula is C18H26N4OS. The lowest BCUT2D eigenvalue weighted by molar-refractivity contribution is 0.0331. The maximum atomic E-state index is 5.45. The number of ether oxygens (including phenoxy) is 1. The summed E-state index contributed by atoms with van der Waals surface area (Å²) in [5, 5.41) is 4.93. The van der Waals surface area contributed by atoms with Gasteiger partial charge in [-0.25, -0.2) is 9.97 Å². The Kier molecular flexibility index (Phi) is 4.70. The Morgan fingerprint density at radius 3 is 2.88 bits per heavy atom. The third-order valence-corrected chi connectivity index (χ3v) is 6.26. The van der Waals surface area contributed by atoms with Crippen molar-refractivity contribution in [2.45, 2.75) is 52.1 Å². The number of hydrogen-bond donors (Lipinski definition) is 1. The van der Waals surface area contributed by atoms with Crippen LogP contribution in [-0.4, -0.2) is 47.2 Å². The van der Waals surface area contributed by atoms with Gasteiger partial charge in [0.1, 0.15) is 16.5 Å². The number of anilines is 1. The van der Waals surface area contributed by atoms with E-state index in [0.717, 1.165) is 50.9 Å². The summed E-state index contributed by atoms with van der Waals surface area (Å²) in [6.45, 7) is 8.82. The second-order valence-electron chi connectivity index (χ2n) is 6.87. The fourth-order valence-electron chi connectivity index (χ4n) is 3.51. The Labute approximate surface area is 147 Å². The molecule has 0 saturated carbocycles. The van der Waals surface area contributed by atoms with Gasteiger partial charge in [-0.2, -0.15) is 0 Å². The summed E-state index contributed by atoms with van der Waals surface area (Å²) in [7, 11) is 0. The molecule has 0 aromatic carbocycles. The first-order valence-electron chi connectivity index (χ1n) is 9.12. The average molecular weight is 347 g/mol. The average Bonchev–Trinajstić information content (AvgIpc) is 3.16. The number of fused-ring (bicyclic) bond motifs is 3. The van der Waals surface area contributed by atoms with Gasteiger partial charge in [0, 0.05) is 24.0 Å². The lowest BCUT2D eigenvalue weighted by Crippen LogP contribution is -2.36. The van der Waals surface area contributed by atoms with E-state index in [9.17, 15) is 0 Å². The number of nitrogens with zero attached hydrogens (tertiary/aromatic N) is 3. The highest BCUT2D eigenvalue weighted by Gasteiger charge is 2.23. The molecule has 0 spiro atoms. The standard InChI is InChI=1S/C18H26N4OS/c1-3-12(2)19-17-16-13-5-4-6-14(13)24-18(16)21-15(20-17)11-22-7-9-23-10-8-22/h12H,3-11H2,1-2H3,(H,19,20,21)/t12-/m1/s1. The van der Waals surface area contributed by atoms with E-state index in [2.05, 4.69) is 24.1 Å². The molecule has 1 atom stereocenters. The van der Waals surface area contributed by atoms with Crippen molar-refractivity contribution in [1.82, 2.24) is 14.9 Å². The number of rotatable bonds is 5. The molecule has 2 aliphatic rings. The number of aromatic nitrogens is 2. The monoisotopic (exact) mass is 346 g/mol. The van der Waals surface area contributed by atoms with Crippen molar-refractivity contribution in [3.8, 4) is 0 Å². The molecule has 1 N–H and O–H groups in total. The summed E-state index contributed by atoms with van der Waals surface area (Å²) in [5.74, 6) is 1.99. The topological polar surface area (TPSA) is 50.3 Å². The van der Waals surface area contributed by atoms with E-state index in [1.165, 1.54) is 39.9 Å². The lowest BCUT2D eigenvalue weighted by atomic mass is 10.1. The third-order valence-electron chi connectivity index (χ3n) is 5.08. The molecule has 3 heterocycles. The van der Waals surface area contributed by atoms with Crippen molar-refractivity contribution in [2.24, 2.45) is 0 Å². The molecule has 1 saturated heterocycles. The van der Waals surface area contributed by atoms with Crippen molar-refractivity contribution >= 4 is 27.4 Å². The van der Waals surface area contributed by atoms with Gasteiger partial charge < -0.3 is 10.1 Å². The number of hydrogen-bond acceptors (Lipinski definition) is 6. The minimum absolute atomic E-state index is 0.427. The number of aryl methyl sites for hydroxylation is 2. The molecule has 0 amide bonds. The van der Waals surface area contributed by atoms with Crippen LogP contribution in [0.5, 0.6) is 0 Å². The molecular weight excluding hydrogens is 320 g/mol. The Morgan fingerprint density at radius 1 is 1.25 bits per heavy atom. The molecule has 6 heteroatoms. The zero-order valence-electron chi connectivity index (χ0n) is 14.6. The minimum atomic E-state index is 0.427. The van der Waals surface area contributed by atoms with E-state index in [-0.39, 0.29) is 0 Å². The van der Waals surface area contributed by atoms with Gasteiger partial charge >= 0.3 is 0 Å². The molecule has 1 fully saturated rings. The predicted molar refractivity (Wildman–Crippen MR) is 98.9 cm³/mol. The van der Waals surface area contributed by atoms with Crippen LogP contribution >= 0.6 is 11.3 Å². The van der Waals surface area contributed by atoms with Crippen LogP contribution in [0.3, 0.4) is 0 Å². The lowest BCUT2D eigenvalue weighted by Gasteiger charge is -2.26. The van der Waals surface area contributed by atoms with Crippen LogP contribution in [0.1, 0.15) is 43.0 Å². The molecule has 0 bridgehead atoms. The first-order valence-corrected chi connectivity index (χ1v) is 9.94. The predicted octanol–water partition coefficient (Wildman–Crippen LogP) is 3.22. The van der Waals surface area contributed by atoms with E-state index in [1.807, 2.05) is 11.3 Å². The molecule has 0 radical (unpaired) electrons. The number of nitrogens with one attached hydrogen (secondary N) is 1. The third kappa shape index (κ3) is 3.15. The molecule has 5 nitrogen and oxygen atoms in total. The minimum Gasteiger partial charge on any atom is -0.379 e. The molecule has 130 valence electrons. The largest absolute Gasteiger partial charge is 0.379 e. The van der Waals surface area contributed by atoms with E-state index in [0.29, 0.717) is 6.04 Å². The van der Waals surface area contributed by atoms with Crippen molar-refractivity contribution in [3.63, 3.8) is 0 Å². The Hall–Kier alpha value is -1.24. The van der Waals surface area contributed by atoms with Crippen LogP contribution in [0, 0.1) is 0 Å². The maximum absolute atomic E-state index is 5.45. The summed E-state index contributed by atoms with van der Waals surface area (Å²) in [5.41, 5.74) is 1.50. The normalized spacial score (nSPS) is 19.6. The maximum Gasteiger partial charge on any atom is 0.146 e. The van der Waals surface area contributed by atoms with E-state index >= 15 is 0 Å². The van der Waals surface area contributed by atoms with Gasteiger partial charge in [0.2, 0.25) is 0 Å². The fourth-order valence-corrected chi connectivity index (χ4v) is 4.79. The second kappa shape index (κ2) is 6.94. The highest BCUT2D eigenvalue weighted by atomic mass is 32.1. The first kappa shape index (κ1) is 16.2. The van der Waals surface area contributed by atoms with Crippen molar-refractivity contribution in [3.05, 3.63) is 16.3 Å². The van der Waals surface area contributed by atoms with Gasteiger partial charge in [-0.1, -0.05) is 6.92 Å². The first-order chi connectivity index (χ1) is 11.7. The van der Waals surface area contributed by atoms with E-state index < -0.39 is 0 Å². The van der Waals surface area contributed by atoms with Crippen LogP contribution in [0.25, 0.3) is 10.2 Å². The SMILES string of the molecule is CC[C@@H](C)Nc1nc(CN2CCOCC2)nc2sc3c(c12)CCC3. The van der Waals surface area contributed by atoms with Gasteiger partial charge in [-0.15, -0.1) is 11.3 Å². The van der Waals surface area contributed by atoms with Gasteiger partial charge in [0.05, 0.1) is 25.1 Å². The van der Waals surface area contributed by atoms with Crippen LogP contribution < -0.4 is 5.32 Å². The molecule has 4 rings (SSSR count). The van der Waals surface area contributed by atoms with Gasteiger partial charge in [-0.3, -0.25) is 4.90 Å². The quantitative estimate of drug-likeness (QED) is 0.901. The Bertz CT molecular complexity index is 723. The van der Waals surface area contributed by atoms with Crippen LogP contribution in [0.15, 0.2) is 0 Å². The van der Waals surface area contributed by atoms with Crippen LogP contribution in [-0.2, 0) is 24.1 Å². The molecule has 1 aliphatic heterocycles. The summed E-state index contributed by atoms with van der Waals surface area (Å²) < 4.78 is 5.45. The highest BCUT2D eigenvalue weighted by Crippen LogP contribution is 2.39.